The number of esters is 1. The van der Waals surface area contributed by atoms with Crippen molar-refractivity contribution in [3.63, 3.8) is 0 Å². The minimum atomic E-state index is -3.74. The number of ether oxygens (including phenoxy) is 2. The van der Waals surface area contributed by atoms with Gasteiger partial charge in [0.25, 0.3) is 5.91 Å². The zero-order valence-electron chi connectivity index (χ0n) is 17.0. The second kappa shape index (κ2) is 10.1. The number of rotatable bonds is 7. The summed E-state index contributed by atoms with van der Waals surface area (Å²) >= 11 is 6.15. The lowest BCUT2D eigenvalue weighted by Crippen LogP contribution is -2.35. The van der Waals surface area contributed by atoms with Gasteiger partial charge in [0.05, 0.1) is 17.7 Å². The van der Waals surface area contributed by atoms with Crippen LogP contribution in [0.1, 0.15) is 29.6 Å². The zero-order valence-corrected chi connectivity index (χ0v) is 18.5. The maximum absolute atomic E-state index is 12.9. The van der Waals surface area contributed by atoms with Crippen LogP contribution in [0.2, 0.25) is 5.02 Å². The molecule has 1 fully saturated rings. The van der Waals surface area contributed by atoms with E-state index in [4.69, 9.17) is 16.3 Å². The van der Waals surface area contributed by atoms with E-state index in [0.717, 1.165) is 19.3 Å². The highest BCUT2D eigenvalue weighted by molar-refractivity contribution is 7.89. The number of nitrogens with one attached hydrogen (secondary N) is 1. The molecule has 1 aliphatic rings. The first kappa shape index (κ1) is 23.1. The van der Waals surface area contributed by atoms with E-state index in [9.17, 15) is 18.0 Å². The Labute approximate surface area is 186 Å². The predicted molar refractivity (Wildman–Crippen MR) is 116 cm³/mol. The summed E-state index contributed by atoms with van der Waals surface area (Å²) in [6, 6.07) is 10.5. The predicted octanol–water partition coefficient (Wildman–Crippen LogP) is 3.32. The highest BCUT2D eigenvalue weighted by Gasteiger charge is 2.28. The molecule has 1 aliphatic heterocycles. The maximum Gasteiger partial charge on any atom is 0.337 e. The molecule has 0 aromatic heterocycles. The van der Waals surface area contributed by atoms with E-state index in [0.29, 0.717) is 30.1 Å². The molecule has 3 rings (SSSR count). The number of hydrogen-bond donors (Lipinski definition) is 1. The second-order valence-electron chi connectivity index (χ2n) is 6.96. The molecular weight excluding hydrogens is 444 g/mol. The number of hydrogen-bond acceptors (Lipinski definition) is 6. The lowest BCUT2D eigenvalue weighted by Gasteiger charge is -2.26. The molecule has 1 amide bonds. The van der Waals surface area contributed by atoms with Crippen molar-refractivity contribution in [2.75, 3.05) is 32.1 Å². The van der Waals surface area contributed by atoms with Crippen molar-refractivity contribution in [2.45, 2.75) is 24.2 Å². The maximum atomic E-state index is 12.9. The zero-order chi connectivity index (χ0) is 22.4. The highest BCUT2D eigenvalue weighted by Crippen LogP contribution is 2.29. The third-order valence-electron chi connectivity index (χ3n) is 4.79. The summed E-state index contributed by atoms with van der Waals surface area (Å²) in [4.78, 5) is 23.7. The number of halogens is 1. The fourth-order valence-corrected chi connectivity index (χ4v) is 5.19. The van der Waals surface area contributed by atoms with E-state index in [2.05, 4.69) is 10.1 Å². The van der Waals surface area contributed by atoms with Crippen LogP contribution >= 0.6 is 11.6 Å². The Kier molecular flexibility index (Phi) is 7.53. The van der Waals surface area contributed by atoms with Crippen LogP contribution in [0.15, 0.2) is 47.4 Å². The molecule has 1 heterocycles. The average molecular weight is 467 g/mol. The van der Waals surface area contributed by atoms with Gasteiger partial charge in [-0.25, -0.2) is 13.2 Å². The molecule has 1 N–H and O–H groups in total. The number of carbonyl (C=O) groups is 2. The molecule has 166 valence electrons. The summed E-state index contributed by atoms with van der Waals surface area (Å²) in [5, 5.41) is 2.72. The Morgan fingerprint density at radius 2 is 1.74 bits per heavy atom. The van der Waals surface area contributed by atoms with Gasteiger partial charge in [-0.2, -0.15) is 4.31 Å². The monoisotopic (exact) mass is 466 g/mol. The van der Waals surface area contributed by atoms with Gasteiger partial charge in [0.1, 0.15) is 10.6 Å². The first-order valence-electron chi connectivity index (χ1n) is 9.72. The summed E-state index contributed by atoms with van der Waals surface area (Å²) in [5.74, 6) is -0.546. The van der Waals surface area contributed by atoms with Gasteiger partial charge in [0.2, 0.25) is 10.0 Å². The fourth-order valence-electron chi connectivity index (χ4n) is 3.17. The molecule has 1 saturated heterocycles. The molecule has 0 radical (unpaired) electrons. The lowest BCUT2D eigenvalue weighted by molar-refractivity contribution is -0.118. The number of methoxy groups -OCH3 is 1. The number of piperidine rings is 1. The van der Waals surface area contributed by atoms with Crippen LogP contribution in [-0.2, 0) is 19.6 Å². The van der Waals surface area contributed by atoms with Crippen molar-refractivity contribution >= 4 is 39.2 Å². The topological polar surface area (TPSA) is 102 Å². The minimum absolute atomic E-state index is 0.0341. The average Bonchev–Trinajstić information content (AvgIpc) is 2.79. The van der Waals surface area contributed by atoms with Crippen LogP contribution in [0, 0.1) is 0 Å². The van der Waals surface area contributed by atoms with Gasteiger partial charge in [0.15, 0.2) is 6.61 Å². The highest BCUT2D eigenvalue weighted by atomic mass is 35.5. The van der Waals surface area contributed by atoms with E-state index in [1.165, 1.54) is 41.7 Å². The number of benzene rings is 2. The van der Waals surface area contributed by atoms with Crippen LogP contribution in [0.4, 0.5) is 5.69 Å². The van der Waals surface area contributed by atoms with Gasteiger partial charge < -0.3 is 14.8 Å². The third kappa shape index (κ3) is 5.75. The molecule has 2 aromatic carbocycles. The molecule has 0 aliphatic carbocycles. The smallest absolute Gasteiger partial charge is 0.337 e. The van der Waals surface area contributed by atoms with Crippen molar-refractivity contribution in [3.8, 4) is 5.75 Å². The van der Waals surface area contributed by atoms with Gasteiger partial charge >= 0.3 is 5.97 Å². The second-order valence-corrected chi connectivity index (χ2v) is 9.28. The Bertz CT molecular complexity index is 1050. The Morgan fingerprint density at radius 1 is 1.06 bits per heavy atom. The number of nitrogens with zero attached hydrogens (tertiary/aromatic N) is 1. The largest absolute Gasteiger partial charge is 0.484 e. The van der Waals surface area contributed by atoms with Crippen molar-refractivity contribution in [1.29, 1.82) is 0 Å². The first-order valence-corrected chi connectivity index (χ1v) is 11.5. The van der Waals surface area contributed by atoms with Crippen LogP contribution < -0.4 is 10.1 Å². The summed E-state index contributed by atoms with van der Waals surface area (Å²) in [7, 11) is -2.45. The minimum Gasteiger partial charge on any atom is -0.484 e. The fraction of sp³-hybridized carbons (Fsp3) is 0.333. The summed E-state index contributed by atoms with van der Waals surface area (Å²) in [6.07, 6.45) is 2.62. The van der Waals surface area contributed by atoms with Crippen LogP contribution in [0.3, 0.4) is 0 Å². The first-order chi connectivity index (χ1) is 14.8. The third-order valence-corrected chi connectivity index (χ3v) is 7.17. The normalized spacial score (nSPS) is 14.6. The van der Waals surface area contributed by atoms with E-state index in [1.54, 1.807) is 12.1 Å². The molecular formula is C21H23ClN2O6S. The van der Waals surface area contributed by atoms with E-state index in [1.807, 2.05) is 0 Å². The number of carbonyl (C=O) groups excluding carboxylic acids is 2. The molecule has 0 bridgehead atoms. The SMILES string of the molecule is COC(=O)c1ccc(OCC(=O)Nc2ccc(Cl)c(S(=O)(=O)N3CCCCC3)c2)cc1. The van der Waals surface area contributed by atoms with Crippen LogP contribution in [0.5, 0.6) is 5.75 Å². The number of anilines is 1. The van der Waals surface area contributed by atoms with Crippen LogP contribution in [0.25, 0.3) is 0 Å². The quantitative estimate of drug-likeness (QED) is 0.628. The molecule has 8 nitrogen and oxygen atoms in total. The van der Waals surface area contributed by atoms with Crippen molar-refractivity contribution < 1.29 is 27.5 Å². The van der Waals surface area contributed by atoms with Gasteiger partial charge in [-0.3, -0.25) is 4.79 Å². The standard InChI is InChI=1S/C21H23ClN2O6S/c1-29-21(26)15-5-8-17(9-6-15)30-14-20(25)23-16-7-10-18(22)19(13-16)31(27,28)24-11-3-2-4-12-24/h5-10,13H,2-4,11-12,14H2,1H3,(H,23,25). The molecule has 0 unspecified atom stereocenters. The van der Waals surface area contributed by atoms with Gasteiger partial charge in [-0.15, -0.1) is 0 Å². The van der Waals surface area contributed by atoms with E-state index < -0.39 is 21.9 Å². The van der Waals surface area contributed by atoms with Crippen molar-refractivity contribution in [3.05, 3.63) is 53.1 Å². The van der Waals surface area contributed by atoms with Gasteiger partial charge in [-0.1, -0.05) is 18.0 Å². The molecule has 0 saturated carbocycles. The molecule has 10 heteroatoms. The summed E-state index contributed by atoms with van der Waals surface area (Å²) in [5.41, 5.74) is 0.664. The molecule has 2 aromatic rings. The van der Waals surface area contributed by atoms with E-state index >= 15 is 0 Å². The summed E-state index contributed by atoms with van der Waals surface area (Å²) < 4.78 is 37.3. The Hall–Kier alpha value is -2.62. The number of amides is 1. The number of sulfonamides is 1. The van der Waals surface area contributed by atoms with Crippen LogP contribution in [-0.4, -0.2) is 51.4 Å². The molecule has 31 heavy (non-hydrogen) atoms. The van der Waals surface area contributed by atoms with Gasteiger partial charge in [-0.05, 0) is 55.3 Å². The van der Waals surface area contributed by atoms with Crippen molar-refractivity contribution in [1.82, 2.24) is 4.31 Å². The Balaban J connectivity index is 1.64. The van der Waals surface area contributed by atoms with E-state index in [-0.39, 0.29) is 16.5 Å². The molecule has 0 spiro atoms. The summed E-state index contributed by atoms with van der Waals surface area (Å²) in [6.45, 7) is 0.615. The molecule has 0 atom stereocenters. The van der Waals surface area contributed by atoms with Crippen molar-refractivity contribution in [2.24, 2.45) is 0 Å². The Morgan fingerprint density at radius 3 is 2.39 bits per heavy atom. The van der Waals surface area contributed by atoms with Gasteiger partial charge in [0, 0.05) is 18.8 Å². The lowest BCUT2D eigenvalue weighted by atomic mass is 10.2.